The van der Waals surface area contributed by atoms with Crippen LogP contribution < -0.4 is 15.8 Å². The molecule has 3 N–H and O–H groups in total. The number of hydrogen-bond donors (Lipinski definition) is 2. The van der Waals surface area contributed by atoms with E-state index in [1.165, 1.54) is 19.3 Å². The van der Waals surface area contributed by atoms with Gasteiger partial charge in [0.15, 0.2) is 5.96 Å². The van der Waals surface area contributed by atoms with Crippen molar-refractivity contribution in [1.82, 2.24) is 5.32 Å². The van der Waals surface area contributed by atoms with Gasteiger partial charge in [-0.2, -0.15) is 0 Å². The molecular weight excluding hydrogens is 401 g/mol. The predicted molar refractivity (Wildman–Crippen MR) is 98.8 cm³/mol. The molecule has 118 valence electrons. The van der Waals surface area contributed by atoms with E-state index >= 15 is 0 Å². The SMILES string of the molecule is CC(CN=C(N)NCC1CCC1)Oc1cccc(Cl)c1.I. The van der Waals surface area contributed by atoms with Gasteiger partial charge in [-0.05, 0) is 43.9 Å². The van der Waals surface area contributed by atoms with E-state index < -0.39 is 0 Å². The van der Waals surface area contributed by atoms with Crippen molar-refractivity contribution in [1.29, 1.82) is 0 Å². The molecule has 0 radical (unpaired) electrons. The van der Waals surface area contributed by atoms with Crippen LogP contribution in [0.25, 0.3) is 0 Å². The van der Waals surface area contributed by atoms with Crippen molar-refractivity contribution in [3.05, 3.63) is 29.3 Å². The lowest BCUT2D eigenvalue weighted by atomic mass is 9.85. The molecule has 1 atom stereocenters. The van der Waals surface area contributed by atoms with Gasteiger partial charge in [-0.25, -0.2) is 4.99 Å². The number of ether oxygens (including phenoxy) is 1. The van der Waals surface area contributed by atoms with Gasteiger partial charge < -0.3 is 15.8 Å². The second-order valence-corrected chi connectivity index (χ2v) is 5.73. The lowest BCUT2D eigenvalue weighted by Gasteiger charge is -2.25. The number of halogens is 2. The van der Waals surface area contributed by atoms with Gasteiger partial charge in [-0.1, -0.05) is 24.1 Å². The standard InChI is InChI=1S/C15H22ClN3O.HI/c1-11(20-14-7-3-6-13(16)8-14)9-18-15(17)19-10-12-4-2-5-12;/h3,6-8,11-12H,2,4-5,9-10H2,1H3,(H3,17,18,19);1H. The molecule has 1 unspecified atom stereocenters. The molecule has 1 aromatic carbocycles. The summed E-state index contributed by atoms with van der Waals surface area (Å²) in [7, 11) is 0. The van der Waals surface area contributed by atoms with E-state index in [9.17, 15) is 0 Å². The zero-order chi connectivity index (χ0) is 14.4. The van der Waals surface area contributed by atoms with Gasteiger partial charge >= 0.3 is 0 Å². The van der Waals surface area contributed by atoms with E-state index in [1.54, 1.807) is 6.07 Å². The summed E-state index contributed by atoms with van der Waals surface area (Å²) in [6, 6.07) is 7.35. The van der Waals surface area contributed by atoms with Crippen LogP contribution in [0.2, 0.25) is 5.02 Å². The Morgan fingerprint density at radius 3 is 2.90 bits per heavy atom. The summed E-state index contributed by atoms with van der Waals surface area (Å²) in [6.45, 7) is 3.42. The molecular formula is C15H23ClIN3O. The number of hydrogen-bond acceptors (Lipinski definition) is 2. The van der Waals surface area contributed by atoms with Crippen LogP contribution in [0.1, 0.15) is 26.2 Å². The molecule has 6 heteroatoms. The Morgan fingerprint density at radius 1 is 1.52 bits per heavy atom. The third-order valence-corrected chi connectivity index (χ3v) is 3.68. The molecule has 0 spiro atoms. The number of benzene rings is 1. The quantitative estimate of drug-likeness (QED) is 0.419. The Hall–Kier alpha value is -0.690. The summed E-state index contributed by atoms with van der Waals surface area (Å²) in [4.78, 5) is 4.30. The molecule has 0 aromatic heterocycles. The maximum absolute atomic E-state index is 5.91. The van der Waals surface area contributed by atoms with Gasteiger partial charge in [-0.3, -0.25) is 0 Å². The van der Waals surface area contributed by atoms with Gasteiger partial charge in [0.05, 0.1) is 6.54 Å². The highest BCUT2D eigenvalue weighted by Crippen LogP contribution is 2.25. The van der Waals surface area contributed by atoms with Crippen LogP contribution in [0.3, 0.4) is 0 Å². The van der Waals surface area contributed by atoms with Crippen LogP contribution in [0.15, 0.2) is 29.3 Å². The number of guanidine groups is 1. The second-order valence-electron chi connectivity index (χ2n) is 5.29. The van der Waals surface area contributed by atoms with Crippen LogP contribution in [0.5, 0.6) is 5.75 Å². The number of aliphatic imine (C=N–C) groups is 1. The lowest BCUT2D eigenvalue weighted by Crippen LogP contribution is -2.37. The molecule has 1 aliphatic rings. The summed E-state index contributed by atoms with van der Waals surface area (Å²) >= 11 is 5.91. The third-order valence-electron chi connectivity index (χ3n) is 3.45. The maximum atomic E-state index is 5.91. The summed E-state index contributed by atoms with van der Waals surface area (Å²) in [5.41, 5.74) is 5.83. The third kappa shape index (κ3) is 6.74. The number of nitrogens with two attached hydrogens (primary N) is 1. The fourth-order valence-electron chi connectivity index (χ4n) is 2.04. The molecule has 1 saturated carbocycles. The number of rotatable bonds is 6. The molecule has 0 bridgehead atoms. The van der Waals surface area contributed by atoms with Gasteiger partial charge in [0.25, 0.3) is 0 Å². The van der Waals surface area contributed by atoms with E-state index in [1.807, 2.05) is 25.1 Å². The fraction of sp³-hybridized carbons (Fsp3) is 0.533. The lowest BCUT2D eigenvalue weighted by molar-refractivity contribution is 0.230. The Labute approximate surface area is 148 Å². The molecule has 2 rings (SSSR count). The molecule has 1 aliphatic carbocycles. The molecule has 0 heterocycles. The minimum Gasteiger partial charge on any atom is -0.489 e. The first-order valence-electron chi connectivity index (χ1n) is 7.09. The predicted octanol–water partition coefficient (Wildman–Crippen LogP) is 3.43. The highest BCUT2D eigenvalue weighted by molar-refractivity contribution is 14.0. The molecule has 0 aliphatic heterocycles. The summed E-state index contributed by atoms with van der Waals surface area (Å²) in [5, 5.41) is 3.83. The highest BCUT2D eigenvalue weighted by atomic mass is 127. The first-order chi connectivity index (χ1) is 9.63. The number of nitrogens with one attached hydrogen (secondary N) is 1. The van der Waals surface area contributed by atoms with Crippen molar-refractivity contribution >= 4 is 41.5 Å². The molecule has 0 amide bonds. The highest BCUT2D eigenvalue weighted by Gasteiger charge is 2.16. The molecule has 21 heavy (non-hydrogen) atoms. The normalized spacial score (nSPS) is 16.6. The van der Waals surface area contributed by atoms with E-state index in [-0.39, 0.29) is 30.1 Å². The summed E-state index contributed by atoms with van der Waals surface area (Å²) in [5.74, 6) is 2.02. The average Bonchev–Trinajstić information content (AvgIpc) is 2.34. The van der Waals surface area contributed by atoms with Crippen molar-refractivity contribution in [3.63, 3.8) is 0 Å². The zero-order valence-corrected chi connectivity index (χ0v) is 15.3. The fourth-order valence-corrected chi connectivity index (χ4v) is 2.22. The largest absolute Gasteiger partial charge is 0.489 e. The molecule has 4 nitrogen and oxygen atoms in total. The summed E-state index contributed by atoms with van der Waals surface area (Å²) < 4.78 is 5.73. The van der Waals surface area contributed by atoms with E-state index in [4.69, 9.17) is 22.1 Å². The summed E-state index contributed by atoms with van der Waals surface area (Å²) in [6.07, 6.45) is 3.90. The molecule has 1 aromatic rings. The monoisotopic (exact) mass is 423 g/mol. The van der Waals surface area contributed by atoms with Crippen LogP contribution in [0.4, 0.5) is 0 Å². The van der Waals surface area contributed by atoms with E-state index in [0.717, 1.165) is 18.2 Å². The van der Waals surface area contributed by atoms with Crippen LogP contribution in [0, 0.1) is 5.92 Å². The minimum absolute atomic E-state index is 0. The van der Waals surface area contributed by atoms with Crippen LogP contribution in [-0.4, -0.2) is 25.2 Å². The van der Waals surface area contributed by atoms with Crippen LogP contribution >= 0.6 is 35.6 Å². The van der Waals surface area contributed by atoms with E-state index in [0.29, 0.717) is 17.5 Å². The van der Waals surface area contributed by atoms with Gasteiger partial charge in [-0.15, -0.1) is 24.0 Å². The Morgan fingerprint density at radius 2 is 2.29 bits per heavy atom. The topological polar surface area (TPSA) is 59.6 Å². The minimum atomic E-state index is -0.0440. The van der Waals surface area contributed by atoms with Crippen molar-refractivity contribution in [2.75, 3.05) is 13.1 Å². The average molecular weight is 424 g/mol. The van der Waals surface area contributed by atoms with Crippen molar-refractivity contribution in [2.24, 2.45) is 16.6 Å². The van der Waals surface area contributed by atoms with Crippen molar-refractivity contribution < 1.29 is 4.74 Å². The van der Waals surface area contributed by atoms with E-state index in [2.05, 4.69) is 10.3 Å². The molecule has 1 fully saturated rings. The zero-order valence-electron chi connectivity index (χ0n) is 12.2. The first kappa shape index (κ1) is 18.4. The number of nitrogens with zero attached hydrogens (tertiary/aromatic N) is 1. The van der Waals surface area contributed by atoms with Gasteiger partial charge in [0.2, 0.25) is 0 Å². The van der Waals surface area contributed by atoms with Gasteiger partial charge in [0, 0.05) is 11.6 Å². The van der Waals surface area contributed by atoms with Gasteiger partial charge in [0.1, 0.15) is 11.9 Å². The Kier molecular flexibility index (Phi) is 8.18. The Bertz CT molecular complexity index is 466. The maximum Gasteiger partial charge on any atom is 0.188 e. The van der Waals surface area contributed by atoms with Crippen LogP contribution in [-0.2, 0) is 0 Å². The Balaban J connectivity index is 0.00000220. The molecule has 0 saturated heterocycles. The smallest absolute Gasteiger partial charge is 0.188 e. The van der Waals surface area contributed by atoms with Crippen molar-refractivity contribution in [2.45, 2.75) is 32.3 Å². The second kappa shape index (κ2) is 9.35. The van der Waals surface area contributed by atoms with Crippen molar-refractivity contribution in [3.8, 4) is 5.75 Å². The first-order valence-corrected chi connectivity index (χ1v) is 7.47.